The summed E-state index contributed by atoms with van der Waals surface area (Å²) in [6.07, 6.45) is 11.1. The van der Waals surface area contributed by atoms with Crippen LogP contribution in [0.15, 0.2) is 36.4 Å². The molecular formula is C22H32N2O. The standard InChI is InChI=1S/C22H32N2O/c1-3-5-7-8-9-10-18-25-21-15-12-19(13-16-21)22-17-14-20(23-24-22)11-6-4-2/h12-17H,3-11,18H2,1-2H3. The van der Waals surface area contributed by atoms with Crippen LogP contribution in [0.5, 0.6) is 5.75 Å². The van der Waals surface area contributed by atoms with Crippen LogP contribution in [0.25, 0.3) is 11.3 Å². The van der Waals surface area contributed by atoms with Crippen LogP contribution in [-0.2, 0) is 6.42 Å². The monoisotopic (exact) mass is 340 g/mol. The van der Waals surface area contributed by atoms with E-state index in [1.54, 1.807) is 0 Å². The van der Waals surface area contributed by atoms with Crippen molar-refractivity contribution in [2.45, 2.75) is 71.6 Å². The Morgan fingerprint density at radius 3 is 2.12 bits per heavy atom. The fourth-order valence-corrected chi connectivity index (χ4v) is 2.80. The van der Waals surface area contributed by atoms with Gasteiger partial charge >= 0.3 is 0 Å². The number of hydrogen-bond donors (Lipinski definition) is 0. The van der Waals surface area contributed by atoms with Gasteiger partial charge in [-0.25, -0.2) is 0 Å². The topological polar surface area (TPSA) is 35.0 Å². The predicted octanol–water partition coefficient (Wildman–Crippen LogP) is 6.23. The third kappa shape index (κ3) is 7.25. The Bertz CT molecular complexity index is 578. The van der Waals surface area contributed by atoms with Gasteiger partial charge in [-0.3, -0.25) is 0 Å². The van der Waals surface area contributed by atoms with Gasteiger partial charge in [-0.2, -0.15) is 10.2 Å². The number of unbranched alkanes of at least 4 members (excludes halogenated alkanes) is 6. The summed E-state index contributed by atoms with van der Waals surface area (Å²) in [5.74, 6) is 0.935. The van der Waals surface area contributed by atoms with Gasteiger partial charge in [0.05, 0.1) is 18.0 Å². The van der Waals surface area contributed by atoms with Crippen molar-refractivity contribution in [1.82, 2.24) is 10.2 Å². The molecule has 2 aromatic rings. The number of benzene rings is 1. The summed E-state index contributed by atoms with van der Waals surface area (Å²) in [6.45, 7) is 5.24. The fraction of sp³-hybridized carbons (Fsp3) is 0.545. The highest BCUT2D eigenvalue weighted by molar-refractivity contribution is 5.59. The number of rotatable bonds is 12. The van der Waals surface area contributed by atoms with E-state index in [1.165, 1.54) is 44.9 Å². The second-order valence-electron chi connectivity index (χ2n) is 6.65. The third-order valence-corrected chi connectivity index (χ3v) is 4.42. The molecule has 1 aromatic carbocycles. The van der Waals surface area contributed by atoms with E-state index in [2.05, 4.69) is 48.3 Å². The van der Waals surface area contributed by atoms with Crippen LogP contribution < -0.4 is 4.74 Å². The Morgan fingerprint density at radius 2 is 1.44 bits per heavy atom. The van der Waals surface area contributed by atoms with Crippen LogP contribution in [-0.4, -0.2) is 16.8 Å². The molecule has 0 amide bonds. The Labute approximate surface area is 152 Å². The molecule has 0 bridgehead atoms. The first-order chi connectivity index (χ1) is 12.3. The largest absolute Gasteiger partial charge is 0.494 e. The molecule has 2 rings (SSSR count). The summed E-state index contributed by atoms with van der Waals surface area (Å²) in [6, 6.07) is 12.3. The number of hydrogen-bond acceptors (Lipinski definition) is 3. The van der Waals surface area contributed by atoms with Crippen LogP contribution in [0.2, 0.25) is 0 Å². The molecule has 0 N–H and O–H groups in total. The molecule has 136 valence electrons. The van der Waals surface area contributed by atoms with Gasteiger partial charge < -0.3 is 4.74 Å². The summed E-state index contributed by atoms with van der Waals surface area (Å²) >= 11 is 0. The van der Waals surface area contributed by atoms with Crippen molar-refractivity contribution in [2.24, 2.45) is 0 Å². The molecule has 0 radical (unpaired) electrons. The minimum Gasteiger partial charge on any atom is -0.494 e. The van der Waals surface area contributed by atoms with Gasteiger partial charge in [0.2, 0.25) is 0 Å². The lowest BCUT2D eigenvalue weighted by molar-refractivity contribution is 0.304. The van der Waals surface area contributed by atoms with Crippen molar-refractivity contribution in [3.63, 3.8) is 0 Å². The summed E-state index contributed by atoms with van der Waals surface area (Å²) in [5, 5.41) is 8.68. The molecule has 0 spiro atoms. The molecule has 0 aliphatic carbocycles. The molecular weight excluding hydrogens is 308 g/mol. The SMILES string of the molecule is CCCCCCCCOc1ccc(-c2ccc(CCCC)nn2)cc1. The Balaban J connectivity index is 1.75. The van der Waals surface area contributed by atoms with Crippen molar-refractivity contribution < 1.29 is 4.74 Å². The van der Waals surface area contributed by atoms with E-state index >= 15 is 0 Å². The number of ether oxygens (including phenoxy) is 1. The third-order valence-electron chi connectivity index (χ3n) is 4.42. The lowest BCUT2D eigenvalue weighted by Gasteiger charge is -2.07. The lowest BCUT2D eigenvalue weighted by Crippen LogP contribution is -1.97. The maximum absolute atomic E-state index is 5.83. The van der Waals surface area contributed by atoms with Crippen LogP contribution in [0.4, 0.5) is 0 Å². The van der Waals surface area contributed by atoms with Crippen LogP contribution in [0.1, 0.15) is 70.9 Å². The number of aryl methyl sites for hydroxylation is 1. The Hall–Kier alpha value is -1.90. The van der Waals surface area contributed by atoms with Gasteiger partial charge in [-0.15, -0.1) is 0 Å². The molecule has 1 aromatic heterocycles. The second kappa shape index (κ2) is 11.6. The van der Waals surface area contributed by atoms with Gasteiger partial charge in [0.15, 0.2) is 0 Å². The molecule has 25 heavy (non-hydrogen) atoms. The zero-order chi connectivity index (χ0) is 17.7. The maximum atomic E-state index is 5.83. The zero-order valence-electron chi connectivity index (χ0n) is 15.8. The van der Waals surface area contributed by atoms with Crippen molar-refractivity contribution in [2.75, 3.05) is 6.61 Å². The molecule has 0 aliphatic rings. The molecule has 3 heteroatoms. The summed E-state index contributed by atoms with van der Waals surface area (Å²) in [5.41, 5.74) is 3.08. The van der Waals surface area contributed by atoms with Crippen LogP contribution >= 0.6 is 0 Å². The highest BCUT2D eigenvalue weighted by Crippen LogP contribution is 2.21. The molecule has 0 aliphatic heterocycles. The van der Waals surface area contributed by atoms with E-state index in [9.17, 15) is 0 Å². The highest BCUT2D eigenvalue weighted by atomic mass is 16.5. The van der Waals surface area contributed by atoms with E-state index in [0.717, 1.165) is 42.1 Å². The van der Waals surface area contributed by atoms with Crippen molar-refractivity contribution in [1.29, 1.82) is 0 Å². The van der Waals surface area contributed by atoms with E-state index in [4.69, 9.17) is 4.74 Å². The predicted molar refractivity (Wildman–Crippen MR) is 105 cm³/mol. The summed E-state index contributed by atoms with van der Waals surface area (Å²) < 4.78 is 5.83. The van der Waals surface area contributed by atoms with E-state index in [0.29, 0.717) is 0 Å². The van der Waals surface area contributed by atoms with Crippen molar-refractivity contribution in [3.05, 3.63) is 42.1 Å². The molecule has 0 saturated carbocycles. The van der Waals surface area contributed by atoms with Crippen LogP contribution in [0, 0.1) is 0 Å². The average molecular weight is 341 g/mol. The number of nitrogens with zero attached hydrogens (tertiary/aromatic N) is 2. The molecule has 0 fully saturated rings. The highest BCUT2D eigenvalue weighted by Gasteiger charge is 2.02. The number of aromatic nitrogens is 2. The molecule has 1 heterocycles. The first-order valence-corrected chi connectivity index (χ1v) is 9.89. The molecule has 3 nitrogen and oxygen atoms in total. The first-order valence-electron chi connectivity index (χ1n) is 9.89. The van der Waals surface area contributed by atoms with Crippen LogP contribution in [0.3, 0.4) is 0 Å². The Morgan fingerprint density at radius 1 is 0.720 bits per heavy atom. The van der Waals surface area contributed by atoms with Gasteiger partial charge in [0.25, 0.3) is 0 Å². The van der Waals surface area contributed by atoms with E-state index in [-0.39, 0.29) is 0 Å². The summed E-state index contributed by atoms with van der Waals surface area (Å²) in [7, 11) is 0. The fourth-order valence-electron chi connectivity index (χ4n) is 2.80. The normalized spacial score (nSPS) is 10.8. The van der Waals surface area contributed by atoms with Gasteiger partial charge in [0, 0.05) is 5.56 Å². The van der Waals surface area contributed by atoms with Gasteiger partial charge in [0.1, 0.15) is 5.75 Å². The molecule has 0 saturated heterocycles. The second-order valence-corrected chi connectivity index (χ2v) is 6.65. The minimum atomic E-state index is 0.803. The quantitative estimate of drug-likeness (QED) is 0.430. The van der Waals surface area contributed by atoms with Gasteiger partial charge in [-0.05, 0) is 55.7 Å². The van der Waals surface area contributed by atoms with E-state index < -0.39 is 0 Å². The minimum absolute atomic E-state index is 0.803. The van der Waals surface area contributed by atoms with E-state index in [1.807, 2.05) is 12.1 Å². The lowest BCUT2D eigenvalue weighted by atomic mass is 10.1. The Kier molecular flexibility index (Phi) is 9.03. The summed E-state index contributed by atoms with van der Waals surface area (Å²) in [4.78, 5) is 0. The smallest absolute Gasteiger partial charge is 0.119 e. The van der Waals surface area contributed by atoms with Gasteiger partial charge in [-0.1, -0.05) is 52.4 Å². The van der Waals surface area contributed by atoms with Crippen molar-refractivity contribution in [3.8, 4) is 17.0 Å². The molecule has 0 atom stereocenters. The molecule has 0 unspecified atom stereocenters. The first kappa shape index (κ1) is 19.4. The zero-order valence-corrected chi connectivity index (χ0v) is 15.8. The maximum Gasteiger partial charge on any atom is 0.119 e. The average Bonchev–Trinajstić information content (AvgIpc) is 2.66. The van der Waals surface area contributed by atoms with Crippen molar-refractivity contribution >= 4 is 0 Å².